The van der Waals surface area contributed by atoms with Crippen LogP contribution in [0, 0.1) is 17.8 Å². The summed E-state index contributed by atoms with van der Waals surface area (Å²) in [6.07, 6.45) is 15.6. The molecule has 160 valence electrons. The van der Waals surface area contributed by atoms with Gasteiger partial charge in [-0.1, -0.05) is 78.1 Å². The number of carbonyl (C=O) groups is 1. The van der Waals surface area contributed by atoms with E-state index < -0.39 is 5.54 Å². The van der Waals surface area contributed by atoms with Gasteiger partial charge in [-0.05, 0) is 37.0 Å². The molecule has 2 saturated carbocycles. The molecular weight excluding hydrogens is 350 g/mol. The van der Waals surface area contributed by atoms with E-state index >= 15 is 0 Å². The van der Waals surface area contributed by atoms with Crippen LogP contribution in [0.2, 0.25) is 0 Å². The first-order valence-corrected chi connectivity index (χ1v) is 11.8. The van der Waals surface area contributed by atoms with Crippen molar-refractivity contribution in [1.29, 1.82) is 0 Å². The molecule has 0 spiro atoms. The molecule has 28 heavy (non-hydrogen) atoms. The summed E-state index contributed by atoms with van der Waals surface area (Å²) in [6.45, 7) is 4.00. The van der Waals surface area contributed by atoms with Gasteiger partial charge in [0.1, 0.15) is 5.54 Å². The molecule has 5 nitrogen and oxygen atoms in total. The van der Waals surface area contributed by atoms with E-state index in [1.54, 1.807) is 4.90 Å². The predicted octanol–water partition coefficient (Wildman–Crippen LogP) is 4.23. The van der Waals surface area contributed by atoms with E-state index in [1.807, 2.05) is 13.8 Å². The summed E-state index contributed by atoms with van der Waals surface area (Å²) in [7, 11) is 0. The smallest absolute Gasteiger partial charge is 0.257 e. The Balaban J connectivity index is 1.79. The maximum atomic E-state index is 13.7. The van der Waals surface area contributed by atoms with Gasteiger partial charge in [0.2, 0.25) is 0 Å². The van der Waals surface area contributed by atoms with Crippen molar-refractivity contribution in [3.63, 3.8) is 0 Å². The van der Waals surface area contributed by atoms with E-state index in [0.717, 1.165) is 25.2 Å². The van der Waals surface area contributed by atoms with Crippen molar-refractivity contribution >= 4 is 11.9 Å². The Morgan fingerprint density at radius 2 is 1.64 bits per heavy atom. The lowest BCUT2D eigenvalue weighted by Gasteiger charge is -2.35. The van der Waals surface area contributed by atoms with Gasteiger partial charge in [-0.15, -0.1) is 0 Å². The first-order chi connectivity index (χ1) is 13.5. The van der Waals surface area contributed by atoms with Crippen LogP contribution in [0.4, 0.5) is 0 Å². The van der Waals surface area contributed by atoms with Crippen LogP contribution >= 0.6 is 0 Å². The number of guanidine groups is 1. The van der Waals surface area contributed by atoms with E-state index in [4.69, 9.17) is 10.7 Å². The second-order valence-corrected chi connectivity index (χ2v) is 9.92. The summed E-state index contributed by atoms with van der Waals surface area (Å²) in [5.41, 5.74) is 5.63. The summed E-state index contributed by atoms with van der Waals surface area (Å²) < 4.78 is 0. The lowest BCUT2D eigenvalue weighted by molar-refractivity contribution is -0.135. The lowest BCUT2D eigenvalue weighted by Crippen LogP contribution is -2.53. The highest BCUT2D eigenvalue weighted by atomic mass is 16.3. The molecule has 3 N–H and O–H groups in total. The number of hydrogen-bond acceptors (Lipinski definition) is 4. The molecule has 0 aromatic heterocycles. The average Bonchev–Trinajstić information content (AvgIpc) is 2.93. The Labute approximate surface area is 171 Å². The third kappa shape index (κ3) is 4.72. The zero-order chi connectivity index (χ0) is 20.1. The second kappa shape index (κ2) is 9.60. The van der Waals surface area contributed by atoms with Gasteiger partial charge in [0.25, 0.3) is 5.91 Å². The van der Waals surface area contributed by atoms with Crippen LogP contribution in [0.25, 0.3) is 0 Å². The minimum absolute atomic E-state index is 0.0548. The fraction of sp³-hybridized carbons (Fsp3) is 0.913. The Bertz CT molecular complexity index is 550. The standard InChI is InChI=1S/C23H41N3O2/c1-17(2)20(16-27)26-21(28)23(25-22(26)24,15-19-11-7-4-8-12-19)14-13-18-9-5-3-6-10-18/h17-20,27H,3-16H2,1-2H3,(H2,24,25)/t20-,23?/m1/s1. The quantitative estimate of drug-likeness (QED) is 0.650. The molecule has 2 aliphatic carbocycles. The summed E-state index contributed by atoms with van der Waals surface area (Å²) in [5.74, 6) is 1.84. The van der Waals surface area contributed by atoms with Crippen molar-refractivity contribution in [3.05, 3.63) is 0 Å². The van der Waals surface area contributed by atoms with E-state index in [0.29, 0.717) is 11.9 Å². The monoisotopic (exact) mass is 391 g/mol. The van der Waals surface area contributed by atoms with Crippen LogP contribution in [-0.4, -0.2) is 40.1 Å². The molecule has 0 aromatic rings. The van der Waals surface area contributed by atoms with Crippen molar-refractivity contribution in [2.24, 2.45) is 28.5 Å². The molecule has 0 aromatic carbocycles. The molecule has 1 aliphatic heterocycles. The van der Waals surface area contributed by atoms with Gasteiger partial charge >= 0.3 is 0 Å². The molecular formula is C23H41N3O2. The Kier molecular flexibility index (Phi) is 7.41. The summed E-state index contributed by atoms with van der Waals surface area (Å²) >= 11 is 0. The van der Waals surface area contributed by atoms with Gasteiger partial charge in [0.05, 0.1) is 12.6 Å². The zero-order valence-corrected chi connectivity index (χ0v) is 18.0. The maximum absolute atomic E-state index is 13.7. The zero-order valence-electron chi connectivity index (χ0n) is 18.0. The Morgan fingerprint density at radius 1 is 1.07 bits per heavy atom. The van der Waals surface area contributed by atoms with Crippen LogP contribution in [0.3, 0.4) is 0 Å². The fourth-order valence-corrected chi connectivity index (χ4v) is 5.75. The highest BCUT2D eigenvalue weighted by Crippen LogP contribution is 2.41. The summed E-state index contributed by atoms with van der Waals surface area (Å²) in [6, 6.07) is -0.279. The molecule has 2 fully saturated rings. The summed E-state index contributed by atoms with van der Waals surface area (Å²) in [5, 5.41) is 9.91. The molecule has 0 radical (unpaired) electrons. The van der Waals surface area contributed by atoms with Gasteiger partial charge < -0.3 is 10.8 Å². The number of hydrogen-bond donors (Lipinski definition) is 2. The topological polar surface area (TPSA) is 78.9 Å². The minimum Gasteiger partial charge on any atom is -0.394 e. The van der Waals surface area contributed by atoms with Crippen molar-refractivity contribution in [2.45, 2.75) is 109 Å². The fourth-order valence-electron chi connectivity index (χ4n) is 5.75. The van der Waals surface area contributed by atoms with Gasteiger partial charge in [-0.2, -0.15) is 0 Å². The van der Waals surface area contributed by atoms with E-state index in [1.165, 1.54) is 64.2 Å². The maximum Gasteiger partial charge on any atom is 0.257 e. The van der Waals surface area contributed by atoms with E-state index in [9.17, 15) is 9.90 Å². The van der Waals surface area contributed by atoms with Crippen molar-refractivity contribution in [2.75, 3.05) is 6.61 Å². The van der Waals surface area contributed by atoms with Crippen molar-refractivity contribution in [1.82, 2.24) is 4.90 Å². The van der Waals surface area contributed by atoms with Gasteiger partial charge in [-0.25, -0.2) is 4.99 Å². The second-order valence-electron chi connectivity index (χ2n) is 9.92. The van der Waals surface area contributed by atoms with Crippen LogP contribution < -0.4 is 5.73 Å². The molecule has 0 saturated heterocycles. The summed E-state index contributed by atoms with van der Waals surface area (Å²) in [4.78, 5) is 20.2. The average molecular weight is 392 g/mol. The number of amides is 1. The number of nitrogens with zero attached hydrogens (tertiary/aromatic N) is 2. The first-order valence-electron chi connectivity index (χ1n) is 11.8. The van der Waals surface area contributed by atoms with E-state index in [2.05, 4.69) is 0 Å². The van der Waals surface area contributed by atoms with Crippen LogP contribution in [0.5, 0.6) is 0 Å². The van der Waals surface area contributed by atoms with E-state index in [-0.39, 0.29) is 24.5 Å². The SMILES string of the molecule is CC(C)[C@@H](CO)N1C(=O)C(CCC2CCCCC2)(CC2CCCCC2)N=C1N. The number of aliphatic hydroxyl groups excluding tert-OH is 1. The predicted molar refractivity (Wildman–Crippen MR) is 114 cm³/mol. The third-order valence-corrected chi connectivity index (χ3v) is 7.52. The molecule has 0 bridgehead atoms. The Hall–Kier alpha value is -1.10. The van der Waals surface area contributed by atoms with Crippen LogP contribution in [0.15, 0.2) is 4.99 Å². The number of rotatable bonds is 8. The van der Waals surface area contributed by atoms with Gasteiger partial charge in [0.15, 0.2) is 5.96 Å². The molecule has 3 aliphatic rings. The van der Waals surface area contributed by atoms with Crippen molar-refractivity contribution in [3.8, 4) is 0 Å². The molecule has 5 heteroatoms. The lowest BCUT2D eigenvalue weighted by atomic mass is 9.75. The molecule has 3 rings (SSSR count). The Morgan fingerprint density at radius 3 is 2.18 bits per heavy atom. The largest absolute Gasteiger partial charge is 0.394 e. The number of aliphatic hydroxyl groups is 1. The molecule has 1 heterocycles. The third-order valence-electron chi connectivity index (χ3n) is 7.52. The normalized spacial score (nSPS) is 28.8. The number of aliphatic imine (C=N–C) groups is 1. The number of carbonyl (C=O) groups excluding carboxylic acids is 1. The molecule has 2 atom stereocenters. The number of nitrogens with two attached hydrogens (primary N) is 1. The highest BCUT2D eigenvalue weighted by molar-refractivity contribution is 6.07. The van der Waals surface area contributed by atoms with Gasteiger partial charge in [-0.3, -0.25) is 9.69 Å². The first kappa shape index (κ1) is 21.6. The van der Waals surface area contributed by atoms with Crippen LogP contribution in [0.1, 0.15) is 97.3 Å². The van der Waals surface area contributed by atoms with Crippen LogP contribution in [-0.2, 0) is 4.79 Å². The molecule has 1 unspecified atom stereocenters. The van der Waals surface area contributed by atoms with Crippen molar-refractivity contribution < 1.29 is 9.90 Å². The minimum atomic E-state index is -0.689. The molecule has 1 amide bonds. The van der Waals surface area contributed by atoms with Gasteiger partial charge in [0, 0.05) is 0 Å². The highest BCUT2D eigenvalue weighted by Gasteiger charge is 2.50.